The molecule has 0 fully saturated rings. The molecule has 0 heterocycles. The molecule has 1 unspecified atom stereocenters. The van der Waals surface area contributed by atoms with Crippen molar-refractivity contribution in [3.63, 3.8) is 0 Å². The van der Waals surface area contributed by atoms with Crippen molar-refractivity contribution >= 4 is 6.29 Å². The van der Waals surface area contributed by atoms with Gasteiger partial charge in [-0.15, -0.1) is 0 Å². The van der Waals surface area contributed by atoms with E-state index in [1.807, 2.05) is 0 Å². The second-order valence-electron chi connectivity index (χ2n) is 1.53. The smallest absolute Gasteiger partial charge is 0.266 e. The fourth-order valence-electron chi connectivity index (χ4n) is 0.348. The van der Waals surface area contributed by atoms with Gasteiger partial charge in [0.2, 0.25) is 0 Å². The molecular weight excluding hydrogens is 149 g/mol. The maximum atomic E-state index is 11.5. The normalized spacial score (nSPS) is 13.6. The van der Waals surface area contributed by atoms with Gasteiger partial charge in [-0.05, 0) is 0 Å². The number of ether oxygens (including phenoxy) is 1. The Hall–Kier alpha value is -0.580. The fourth-order valence-corrected chi connectivity index (χ4v) is 0.348. The van der Waals surface area contributed by atoms with Crippen LogP contribution in [-0.4, -0.2) is 32.1 Å². The van der Waals surface area contributed by atoms with Crippen LogP contribution in [0.3, 0.4) is 0 Å². The molecule has 0 spiro atoms. The van der Waals surface area contributed by atoms with E-state index in [2.05, 4.69) is 4.74 Å². The van der Waals surface area contributed by atoms with Crippen molar-refractivity contribution < 1.29 is 22.7 Å². The van der Waals surface area contributed by atoms with Gasteiger partial charge in [-0.1, -0.05) is 0 Å². The SMILES string of the molecule is O=CCOC(CF)C(F)F. The Morgan fingerprint density at radius 2 is 2.10 bits per heavy atom. The Morgan fingerprint density at radius 3 is 2.40 bits per heavy atom. The first-order chi connectivity index (χ1) is 4.72. The molecule has 0 saturated carbocycles. The molecule has 0 radical (unpaired) electrons. The highest BCUT2D eigenvalue weighted by Gasteiger charge is 2.20. The minimum absolute atomic E-state index is 0.297. The molecule has 2 nitrogen and oxygen atoms in total. The predicted molar refractivity (Wildman–Crippen MR) is 27.8 cm³/mol. The maximum Gasteiger partial charge on any atom is 0.266 e. The lowest BCUT2D eigenvalue weighted by atomic mass is 10.4. The minimum atomic E-state index is -2.87. The van der Waals surface area contributed by atoms with Gasteiger partial charge in [-0.2, -0.15) is 0 Å². The van der Waals surface area contributed by atoms with E-state index in [0.29, 0.717) is 6.29 Å². The Morgan fingerprint density at radius 1 is 1.50 bits per heavy atom. The van der Waals surface area contributed by atoms with Crippen LogP contribution < -0.4 is 0 Å². The van der Waals surface area contributed by atoms with Crippen molar-refractivity contribution in [1.82, 2.24) is 0 Å². The molecule has 0 bridgehead atoms. The van der Waals surface area contributed by atoms with Gasteiger partial charge in [0.1, 0.15) is 25.7 Å². The Kier molecular flexibility index (Phi) is 4.92. The molecule has 10 heavy (non-hydrogen) atoms. The van der Waals surface area contributed by atoms with E-state index in [0.717, 1.165) is 0 Å². The lowest BCUT2D eigenvalue weighted by Gasteiger charge is -2.09. The van der Waals surface area contributed by atoms with Crippen LogP contribution in [0, 0.1) is 0 Å². The van der Waals surface area contributed by atoms with E-state index in [1.165, 1.54) is 0 Å². The van der Waals surface area contributed by atoms with Gasteiger partial charge in [0.15, 0.2) is 0 Å². The van der Waals surface area contributed by atoms with E-state index in [9.17, 15) is 18.0 Å². The standard InChI is InChI=1S/C5H7F3O2/c6-3-4(5(7)8)10-2-1-9/h1,4-5H,2-3H2. The molecule has 0 aliphatic rings. The first-order valence-corrected chi connectivity index (χ1v) is 2.61. The first-order valence-electron chi connectivity index (χ1n) is 2.61. The third kappa shape index (κ3) is 3.45. The van der Waals surface area contributed by atoms with Crippen molar-refractivity contribution in [3.05, 3.63) is 0 Å². The fraction of sp³-hybridized carbons (Fsp3) is 0.800. The Labute approximate surface area is 56.0 Å². The Bertz CT molecular complexity index is 96.9. The third-order valence-corrected chi connectivity index (χ3v) is 0.811. The first kappa shape index (κ1) is 9.42. The van der Waals surface area contributed by atoms with Gasteiger partial charge >= 0.3 is 0 Å². The number of hydrogen-bond donors (Lipinski definition) is 0. The van der Waals surface area contributed by atoms with Crippen molar-refractivity contribution in [2.45, 2.75) is 12.5 Å². The average molecular weight is 156 g/mol. The van der Waals surface area contributed by atoms with Gasteiger partial charge < -0.3 is 9.53 Å². The molecule has 60 valence electrons. The zero-order valence-electron chi connectivity index (χ0n) is 5.10. The topological polar surface area (TPSA) is 26.3 Å². The minimum Gasteiger partial charge on any atom is -0.362 e. The maximum absolute atomic E-state index is 11.5. The molecule has 0 saturated heterocycles. The molecule has 0 aromatic rings. The number of hydrogen-bond acceptors (Lipinski definition) is 2. The second kappa shape index (κ2) is 5.22. The van der Waals surface area contributed by atoms with Crippen LogP contribution in [0.4, 0.5) is 13.2 Å². The lowest BCUT2D eigenvalue weighted by molar-refractivity contribution is -0.119. The molecule has 1 atom stereocenters. The van der Waals surface area contributed by atoms with E-state index >= 15 is 0 Å². The quantitative estimate of drug-likeness (QED) is 0.550. The third-order valence-electron chi connectivity index (χ3n) is 0.811. The van der Waals surface area contributed by atoms with Crippen LogP contribution in [0.25, 0.3) is 0 Å². The zero-order valence-corrected chi connectivity index (χ0v) is 5.10. The molecule has 0 aliphatic heterocycles. The summed E-state index contributed by atoms with van der Waals surface area (Å²) in [6, 6.07) is 0. The number of alkyl halides is 3. The summed E-state index contributed by atoms with van der Waals surface area (Å²) in [7, 11) is 0. The molecule has 5 heteroatoms. The van der Waals surface area contributed by atoms with Gasteiger partial charge in [0.25, 0.3) is 6.43 Å². The van der Waals surface area contributed by atoms with Crippen molar-refractivity contribution in [1.29, 1.82) is 0 Å². The molecule has 0 rings (SSSR count). The molecule has 0 aliphatic carbocycles. The number of carbonyl (C=O) groups is 1. The molecule has 0 aromatic carbocycles. The van der Waals surface area contributed by atoms with E-state index in [-0.39, 0.29) is 0 Å². The summed E-state index contributed by atoms with van der Waals surface area (Å²) in [6.07, 6.45) is -4.33. The highest BCUT2D eigenvalue weighted by atomic mass is 19.3. The van der Waals surface area contributed by atoms with Crippen LogP contribution in [0.2, 0.25) is 0 Å². The van der Waals surface area contributed by atoms with E-state index in [4.69, 9.17) is 0 Å². The zero-order chi connectivity index (χ0) is 7.98. The predicted octanol–water partition coefficient (Wildman–Crippen LogP) is 0.805. The summed E-state index contributed by atoms with van der Waals surface area (Å²) in [4.78, 5) is 9.56. The van der Waals surface area contributed by atoms with Crippen LogP contribution in [0.15, 0.2) is 0 Å². The monoisotopic (exact) mass is 156 g/mol. The Balaban J connectivity index is 3.49. The number of rotatable bonds is 5. The largest absolute Gasteiger partial charge is 0.362 e. The van der Waals surface area contributed by atoms with Crippen LogP contribution >= 0.6 is 0 Å². The number of carbonyl (C=O) groups excluding carboxylic acids is 1. The summed E-state index contributed by atoms with van der Waals surface area (Å²) in [6.45, 7) is -1.76. The molecular formula is C5H7F3O2. The number of halogens is 3. The summed E-state index contributed by atoms with van der Waals surface area (Å²) in [5, 5.41) is 0. The average Bonchev–Trinajstić information content (AvgIpc) is 1.89. The molecule has 0 amide bonds. The molecule has 0 aromatic heterocycles. The van der Waals surface area contributed by atoms with Crippen molar-refractivity contribution in [2.75, 3.05) is 13.3 Å². The van der Waals surface area contributed by atoms with Crippen LogP contribution in [0.1, 0.15) is 0 Å². The second-order valence-corrected chi connectivity index (χ2v) is 1.53. The van der Waals surface area contributed by atoms with Crippen LogP contribution in [-0.2, 0) is 9.53 Å². The van der Waals surface area contributed by atoms with Crippen LogP contribution in [0.5, 0.6) is 0 Å². The number of aldehydes is 1. The lowest BCUT2D eigenvalue weighted by Crippen LogP contribution is -2.25. The van der Waals surface area contributed by atoms with E-state index < -0.39 is 25.8 Å². The van der Waals surface area contributed by atoms with Gasteiger partial charge in [-0.25, -0.2) is 13.2 Å². The summed E-state index contributed by atoms with van der Waals surface area (Å²) < 4.78 is 38.7. The van der Waals surface area contributed by atoms with Gasteiger partial charge in [-0.3, -0.25) is 0 Å². The van der Waals surface area contributed by atoms with Gasteiger partial charge in [0, 0.05) is 0 Å². The summed E-state index contributed by atoms with van der Waals surface area (Å²) in [5.41, 5.74) is 0. The highest BCUT2D eigenvalue weighted by molar-refractivity contribution is 5.50. The molecule has 0 N–H and O–H groups in total. The summed E-state index contributed by atoms with van der Waals surface area (Å²) in [5.74, 6) is 0. The highest BCUT2D eigenvalue weighted by Crippen LogP contribution is 2.05. The van der Waals surface area contributed by atoms with Crippen molar-refractivity contribution in [2.24, 2.45) is 0 Å². The van der Waals surface area contributed by atoms with Gasteiger partial charge in [0.05, 0.1) is 0 Å². The van der Waals surface area contributed by atoms with Crippen molar-refractivity contribution in [3.8, 4) is 0 Å². The summed E-state index contributed by atoms with van der Waals surface area (Å²) >= 11 is 0. The van der Waals surface area contributed by atoms with E-state index in [1.54, 1.807) is 0 Å².